The van der Waals surface area contributed by atoms with E-state index in [0.717, 1.165) is 0 Å². The minimum Gasteiger partial charge on any atom is -0.446 e. The highest BCUT2D eigenvalue weighted by molar-refractivity contribution is 7.13. The molecule has 0 saturated carbocycles. The Bertz CT molecular complexity index is 361. The molecule has 0 atom stereocenters. The fraction of sp³-hybridized carbons (Fsp3) is 0.667. The van der Waals surface area contributed by atoms with Crippen molar-refractivity contribution in [3.63, 3.8) is 0 Å². The number of rotatable bonds is 3. The van der Waals surface area contributed by atoms with Crippen LogP contribution in [0.5, 0.6) is 5.19 Å². The predicted molar refractivity (Wildman–Crippen MR) is 42.4 cm³/mol. The van der Waals surface area contributed by atoms with Crippen LogP contribution in [0.1, 0.15) is 5.01 Å². The summed E-state index contributed by atoms with van der Waals surface area (Å²) in [7, 11) is 0. The fourth-order valence-electron chi connectivity index (χ4n) is 0.770. The lowest BCUT2D eigenvalue weighted by Gasteiger charge is -2.21. The summed E-state index contributed by atoms with van der Waals surface area (Å²) in [6.07, 6.45) is -15.2. The summed E-state index contributed by atoms with van der Waals surface area (Å²) in [5, 5.41) is 13.5. The zero-order chi connectivity index (χ0) is 13.3. The van der Waals surface area contributed by atoms with E-state index < -0.39 is 30.3 Å². The zero-order valence-corrected chi connectivity index (χ0v) is 8.53. The SMILES string of the molecule is OCc1nnc(OC(C(F)(F)F)C(F)(F)F)s1. The van der Waals surface area contributed by atoms with Crippen molar-refractivity contribution >= 4 is 11.3 Å². The molecule has 0 bridgehead atoms. The lowest BCUT2D eigenvalue weighted by molar-refractivity contribution is -0.299. The Morgan fingerprint density at radius 3 is 2.00 bits per heavy atom. The van der Waals surface area contributed by atoms with E-state index in [-0.39, 0.29) is 5.01 Å². The minimum atomic E-state index is -5.61. The second-order valence-electron chi connectivity index (χ2n) is 2.70. The number of halogens is 6. The minimum absolute atomic E-state index is 0.150. The molecule has 0 aliphatic rings. The Kier molecular flexibility index (Phi) is 3.81. The summed E-state index contributed by atoms with van der Waals surface area (Å²) >= 11 is 0.299. The quantitative estimate of drug-likeness (QED) is 0.860. The number of ether oxygens (including phenoxy) is 1. The van der Waals surface area contributed by atoms with E-state index in [1.165, 1.54) is 0 Å². The van der Waals surface area contributed by atoms with Crippen molar-refractivity contribution in [2.45, 2.75) is 25.1 Å². The van der Waals surface area contributed by atoms with E-state index in [2.05, 4.69) is 14.9 Å². The van der Waals surface area contributed by atoms with Gasteiger partial charge in [0.15, 0.2) is 0 Å². The highest BCUT2D eigenvalue weighted by Crippen LogP contribution is 2.37. The van der Waals surface area contributed by atoms with Crippen molar-refractivity contribution in [3.05, 3.63) is 5.01 Å². The van der Waals surface area contributed by atoms with Gasteiger partial charge < -0.3 is 9.84 Å². The van der Waals surface area contributed by atoms with Crippen molar-refractivity contribution in [3.8, 4) is 5.19 Å². The van der Waals surface area contributed by atoms with Crippen LogP contribution >= 0.6 is 11.3 Å². The molecule has 0 spiro atoms. The molecule has 0 radical (unpaired) electrons. The van der Waals surface area contributed by atoms with E-state index in [4.69, 9.17) is 5.11 Å². The van der Waals surface area contributed by atoms with Gasteiger partial charge in [-0.3, -0.25) is 0 Å². The Labute approximate surface area is 93.8 Å². The molecule has 0 fully saturated rings. The van der Waals surface area contributed by atoms with Crippen LogP contribution in [0.15, 0.2) is 0 Å². The lowest BCUT2D eigenvalue weighted by Crippen LogP contribution is -2.46. The molecule has 0 aliphatic heterocycles. The molecule has 1 heterocycles. The van der Waals surface area contributed by atoms with Gasteiger partial charge in [-0.25, -0.2) is 0 Å². The van der Waals surface area contributed by atoms with Gasteiger partial charge in [-0.2, -0.15) is 26.3 Å². The molecular weight excluding hydrogens is 278 g/mol. The first-order valence-electron chi connectivity index (χ1n) is 3.88. The van der Waals surface area contributed by atoms with Gasteiger partial charge in [-0.05, 0) is 0 Å². The van der Waals surface area contributed by atoms with Crippen molar-refractivity contribution in [2.24, 2.45) is 0 Å². The van der Waals surface area contributed by atoms with Gasteiger partial charge in [-0.15, -0.1) is 5.10 Å². The summed E-state index contributed by atoms with van der Waals surface area (Å²) in [6.45, 7) is -0.649. The summed E-state index contributed by atoms with van der Waals surface area (Å²) in [6, 6.07) is 0. The van der Waals surface area contributed by atoms with Crippen LogP contribution in [0.4, 0.5) is 26.3 Å². The molecule has 11 heteroatoms. The average molecular weight is 282 g/mol. The maximum absolute atomic E-state index is 12.1. The first-order chi connectivity index (χ1) is 7.64. The van der Waals surface area contributed by atoms with Gasteiger partial charge in [0, 0.05) is 0 Å². The largest absolute Gasteiger partial charge is 0.446 e. The topological polar surface area (TPSA) is 55.2 Å². The van der Waals surface area contributed by atoms with Gasteiger partial charge in [0.25, 0.3) is 11.3 Å². The summed E-state index contributed by atoms with van der Waals surface area (Å²) in [5.74, 6) is 0. The molecule has 0 saturated heterocycles. The molecule has 1 N–H and O–H groups in total. The second-order valence-corrected chi connectivity index (χ2v) is 3.73. The first kappa shape index (κ1) is 14.0. The second kappa shape index (κ2) is 4.64. The number of hydrogen-bond donors (Lipinski definition) is 1. The van der Waals surface area contributed by atoms with Crippen LogP contribution in [0.25, 0.3) is 0 Å². The Morgan fingerprint density at radius 1 is 1.12 bits per heavy atom. The molecule has 1 aromatic heterocycles. The van der Waals surface area contributed by atoms with E-state index in [9.17, 15) is 26.3 Å². The number of hydrogen-bond acceptors (Lipinski definition) is 5. The van der Waals surface area contributed by atoms with E-state index in [1.807, 2.05) is 0 Å². The molecule has 1 rings (SSSR count). The molecule has 98 valence electrons. The highest BCUT2D eigenvalue weighted by Gasteiger charge is 2.59. The van der Waals surface area contributed by atoms with Crippen LogP contribution in [0, 0.1) is 0 Å². The molecule has 0 aromatic carbocycles. The standard InChI is InChI=1S/C6H4F6N2O2S/c7-5(8,9)3(6(10,11)12)16-4-14-13-2(1-15)17-4/h3,15H,1H2. The summed E-state index contributed by atoms with van der Waals surface area (Å²) in [5.41, 5.74) is 0. The maximum atomic E-state index is 12.1. The number of alkyl halides is 6. The van der Waals surface area contributed by atoms with Crippen LogP contribution in [-0.2, 0) is 6.61 Å². The lowest BCUT2D eigenvalue weighted by atomic mass is 10.3. The van der Waals surface area contributed by atoms with E-state index in [0.29, 0.717) is 11.3 Å². The van der Waals surface area contributed by atoms with Gasteiger partial charge in [0.2, 0.25) is 0 Å². The third kappa shape index (κ3) is 3.70. The van der Waals surface area contributed by atoms with Crippen LogP contribution < -0.4 is 4.74 Å². The Morgan fingerprint density at radius 2 is 1.65 bits per heavy atom. The van der Waals surface area contributed by atoms with Gasteiger partial charge in [-0.1, -0.05) is 16.4 Å². The monoisotopic (exact) mass is 282 g/mol. The highest BCUT2D eigenvalue weighted by atomic mass is 32.1. The Balaban J connectivity index is 2.87. The maximum Gasteiger partial charge on any atom is 0.434 e. The number of nitrogens with zero attached hydrogens (tertiary/aromatic N) is 2. The molecule has 1 aromatic rings. The molecule has 0 aliphatic carbocycles. The summed E-state index contributed by atoms with van der Waals surface area (Å²) < 4.78 is 76.0. The number of aromatic nitrogens is 2. The molecule has 4 nitrogen and oxygen atoms in total. The van der Waals surface area contributed by atoms with Crippen molar-refractivity contribution in [2.75, 3.05) is 0 Å². The summed E-state index contributed by atoms with van der Waals surface area (Å²) in [4.78, 5) is 0. The number of aliphatic hydroxyl groups excluding tert-OH is 1. The van der Waals surface area contributed by atoms with Crippen molar-refractivity contribution in [1.29, 1.82) is 0 Å². The van der Waals surface area contributed by atoms with Gasteiger partial charge >= 0.3 is 12.4 Å². The molecular formula is C6H4F6N2O2S. The third-order valence-electron chi connectivity index (χ3n) is 1.40. The van der Waals surface area contributed by atoms with E-state index in [1.54, 1.807) is 0 Å². The molecule has 0 unspecified atom stereocenters. The van der Waals surface area contributed by atoms with Crippen LogP contribution in [-0.4, -0.2) is 33.8 Å². The van der Waals surface area contributed by atoms with E-state index >= 15 is 0 Å². The normalized spacial score (nSPS) is 13.2. The van der Waals surface area contributed by atoms with Crippen molar-refractivity contribution < 1.29 is 36.2 Å². The molecule has 17 heavy (non-hydrogen) atoms. The third-order valence-corrected chi connectivity index (χ3v) is 2.20. The van der Waals surface area contributed by atoms with Crippen molar-refractivity contribution in [1.82, 2.24) is 10.2 Å². The fourth-order valence-corrected chi connectivity index (χ4v) is 1.34. The first-order valence-corrected chi connectivity index (χ1v) is 4.69. The molecule has 0 amide bonds. The van der Waals surface area contributed by atoms with Gasteiger partial charge in [0.05, 0.1) is 6.61 Å². The van der Waals surface area contributed by atoms with Gasteiger partial charge in [0.1, 0.15) is 5.01 Å². The predicted octanol–water partition coefficient (Wildman–Crippen LogP) is 1.90. The number of aliphatic hydroxyl groups is 1. The Hall–Kier alpha value is -1.10. The average Bonchev–Trinajstić information content (AvgIpc) is 2.58. The zero-order valence-electron chi connectivity index (χ0n) is 7.71. The van der Waals surface area contributed by atoms with Crippen LogP contribution in [0.3, 0.4) is 0 Å². The van der Waals surface area contributed by atoms with Crippen LogP contribution in [0.2, 0.25) is 0 Å². The smallest absolute Gasteiger partial charge is 0.434 e.